The molecule has 1 saturated carbocycles. The fraction of sp³-hybridized carbons (Fsp3) is 0.550. The first-order valence-electron chi connectivity index (χ1n) is 9.99. The number of methoxy groups -OCH3 is 1. The van der Waals surface area contributed by atoms with Crippen molar-refractivity contribution in [3.63, 3.8) is 0 Å². The van der Waals surface area contributed by atoms with Crippen LogP contribution in [0.3, 0.4) is 0 Å². The van der Waals surface area contributed by atoms with Gasteiger partial charge in [-0.1, -0.05) is 0 Å². The van der Waals surface area contributed by atoms with Gasteiger partial charge >= 0.3 is 6.03 Å². The SMILES string of the molecule is COc1ccc2c(c1)CN(CC1(CN[C@H]3CC[C@@H](N)CC3)NC(=O)NC1=O)C2=O. The Bertz CT molecular complexity index is 836. The molecule has 9 heteroatoms. The van der Waals surface area contributed by atoms with Gasteiger partial charge in [0.05, 0.1) is 13.7 Å². The first-order chi connectivity index (χ1) is 13.9. The maximum absolute atomic E-state index is 12.9. The van der Waals surface area contributed by atoms with E-state index >= 15 is 0 Å². The lowest BCUT2D eigenvalue weighted by atomic mass is 9.90. The molecule has 1 saturated heterocycles. The molecule has 4 rings (SSSR count). The van der Waals surface area contributed by atoms with E-state index in [1.807, 2.05) is 6.07 Å². The Kier molecular flexibility index (Phi) is 5.18. The van der Waals surface area contributed by atoms with Gasteiger partial charge in [0, 0.05) is 30.7 Å². The first kappa shape index (κ1) is 19.7. The number of carbonyl (C=O) groups is 3. The van der Waals surface area contributed by atoms with Crippen molar-refractivity contribution < 1.29 is 19.1 Å². The van der Waals surface area contributed by atoms with Crippen molar-refractivity contribution in [3.8, 4) is 5.75 Å². The van der Waals surface area contributed by atoms with E-state index in [2.05, 4.69) is 16.0 Å². The quantitative estimate of drug-likeness (QED) is 0.501. The molecule has 0 bridgehead atoms. The molecule has 1 aromatic carbocycles. The third kappa shape index (κ3) is 3.79. The number of fused-ring (bicyclic) bond motifs is 1. The molecule has 1 aliphatic carbocycles. The number of nitrogens with two attached hydrogens (primary N) is 1. The number of imide groups is 1. The molecule has 5 N–H and O–H groups in total. The van der Waals surface area contributed by atoms with E-state index in [0.29, 0.717) is 17.9 Å². The summed E-state index contributed by atoms with van der Waals surface area (Å²) in [4.78, 5) is 39.1. The second kappa shape index (κ2) is 7.64. The minimum atomic E-state index is -1.20. The van der Waals surface area contributed by atoms with E-state index in [0.717, 1.165) is 31.2 Å². The molecule has 3 aliphatic rings. The normalized spacial score (nSPS) is 28.9. The molecule has 2 aliphatic heterocycles. The van der Waals surface area contributed by atoms with Gasteiger partial charge in [0.1, 0.15) is 5.75 Å². The van der Waals surface area contributed by atoms with E-state index in [9.17, 15) is 14.4 Å². The first-order valence-corrected chi connectivity index (χ1v) is 9.99. The van der Waals surface area contributed by atoms with E-state index in [1.165, 1.54) is 0 Å². The van der Waals surface area contributed by atoms with Gasteiger partial charge in [-0.2, -0.15) is 0 Å². The molecular formula is C20H27N5O4. The number of hydrogen-bond donors (Lipinski definition) is 4. The van der Waals surface area contributed by atoms with Crippen LogP contribution in [-0.2, 0) is 11.3 Å². The summed E-state index contributed by atoms with van der Waals surface area (Å²) in [5, 5.41) is 8.50. The molecule has 9 nitrogen and oxygen atoms in total. The number of hydrogen-bond acceptors (Lipinski definition) is 6. The van der Waals surface area contributed by atoms with Gasteiger partial charge in [-0.25, -0.2) is 4.79 Å². The molecule has 1 aromatic rings. The fourth-order valence-electron chi connectivity index (χ4n) is 4.40. The number of rotatable bonds is 6. The Hall–Kier alpha value is -2.65. The summed E-state index contributed by atoms with van der Waals surface area (Å²) in [5.74, 6) is 0.112. The number of ether oxygens (including phenoxy) is 1. The zero-order valence-electron chi connectivity index (χ0n) is 16.5. The van der Waals surface area contributed by atoms with Crippen LogP contribution in [0.4, 0.5) is 4.79 Å². The predicted octanol–water partition coefficient (Wildman–Crippen LogP) is 0.0887. The lowest BCUT2D eigenvalue weighted by Gasteiger charge is -2.34. The lowest BCUT2D eigenvalue weighted by molar-refractivity contribution is -0.124. The molecule has 0 spiro atoms. The van der Waals surface area contributed by atoms with E-state index in [4.69, 9.17) is 10.5 Å². The smallest absolute Gasteiger partial charge is 0.322 e. The zero-order valence-corrected chi connectivity index (χ0v) is 16.5. The molecule has 4 amide bonds. The average Bonchev–Trinajstić information content (AvgIpc) is 3.16. The number of nitrogens with zero attached hydrogens (tertiary/aromatic N) is 1. The van der Waals surface area contributed by atoms with E-state index in [1.54, 1.807) is 24.1 Å². The van der Waals surface area contributed by atoms with Crippen molar-refractivity contribution in [2.24, 2.45) is 5.73 Å². The van der Waals surface area contributed by atoms with Crippen LogP contribution in [0.2, 0.25) is 0 Å². The maximum atomic E-state index is 12.9. The van der Waals surface area contributed by atoms with Crippen LogP contribution in [0.1, 0.15) is 41.6 Å². The minimum absolute atomic E-state index is 0.0969. The summed E-state index contributed by atoms with van der Waals surface area (Å²) in [6, 6.07) is 5.25. The Labute approximate surface area is 169 Å². The highest BCUT2D eigenvalue weighted by molar-refractivity contribution is 6.08. The largest absolute Gasteiger partial charge is 0.497 e. The molecule has 2 fully saturated rings. The fourth-order valence-corrected chi connectivity index (χ4v) is 4.40. The van der Waals surface area contributed by atoms with E-state index < -0.39 is 17.5 Å². The summed E-state index contributed by atoms with van der Waals surface area (Å²) in [6.45, 7) is 0.724. The van der Waals surface area contributed by atoms with Crippen LogP contribution in [0.15, 0.2) is 18.2 Å². The summed E-state index contributed by atoms with van der Waals surface area (Å²) in [7, 11) is 1.58. The van der Waals surface area contributed by atoms with Crippen molar-refractivity contribution in [1.29, 1.82) is 0 Å². The average molecular weight is 401 g/mol. The van der Waals surface area contributed by atoms with Crippen LogP contribution in [0, 0.1) is 0 Å². The van der Waals surface area contributed by atoms with Gasteiger partial charge in [0.25, 0.3) is 11.8 Å². The molecule has 2 heterocycles. The van der Waals surface area contributed by atoms with Crippen molar-refractivity contribution in [2.75, 3.05) is 20.2 Å². The topological polar surface area (TPSA) is 126 Å². The van der Waals surface area contributed by atoms with Crippen LogP contribution in [0.5, 0.6) is 5.75 Å². The van der Waals surface area contributed by atoms with Crippen molar-refractivity contribution >= 4 is 17.8 Å². The second-order valence-corrected chi connectivity index (χ2v) is 8.17. The summed E-state index contributed by atoms with van der Waals surface area (Å²) >= 11 is 0. The Morgan fingerprint density at radius 2 is 2.00 bits per heavy atom. The summed E-state index contributed by atoms with van der Waals surface area (Å²) in [6.07, 6.45) is 3.73. The van der Waals surface area contributed by atoms with Gasteiger partial charge in [-0.05, 0) is 49.4 Å². The van der Waals surface area contributed by atoms with Gasteiger partial charge in [0.2, 0.25) is 0 Å². The molecule has 1 atom stereocenters. The standard InChI is InChI=1S/C20H27N5O4/c1-29-15-6-7-16-12(8-15)9-25(17(16)26)11-20(18(27)23-19(28)24-20)10-22-14-4-2-13(21)3-5-14/h6-8,13-14,22H,2-5,9-11,21H2,1H3,(H2,23,24,27,28)/t13-,14+,20?. The number of nitrogens with one attached hydrogen (secondary N) is 3. The van der Waals surface area contributed by atoms with Gasteiger partial charge in [0.15, 0.2) is 5.54 Å². The second-order valence-electron chi connectivity index (χ2n) is 8.17. The molecule has 1 unspecified atom stereocenters. The predicted molar refractivity (Wildman–Crippen MR) is 105 cm³/mol. The Morgan fingerprint density at radius 1 is 1.24 bits per heavy atom. The van der Waals surface area contributed by atoms with Crippen LogP contribution >= 0.6 is 0 Å². The summed E-state index contributed by atoms with van der Waals surface area (Å²) < 4.78 is 5.24. The van der Waals surface area contributed by atoms with Crippen molar-refractivity contribution in [2.45, 2.75) is 49.9 Å². The molecule has 0 aromatic heterocycles. The third-order valence-corrected chi connectivity index (χ3v) is 6.13. The minimum Gasteiger partial charge on any atom is -0.497 e. The van der Waals surface area contributed by atoms with Crippen LogP contribution in [-0.4, -0.2) is 60.6 Å². The molecule has 29 heavy (non-hydrogen) atoms. The maximum Gasteiger partial charge on any atom is 0.322 e. The lowest BCUT2D eigenvalue weighted by Crippen LogP contribution is -2.62. The highest BCUT2D eigenvalue weighted by atomic mass is 16.5. The zero-order chi connectivity index (χ0) is 20.6. The Balaban J connectivity index is 1.49. The van der Waals surface area contributed by atoms with E-state index in [-0.39, 0.29) is 31.1 Å². The monoisotopic (exact) mass is 401 g/mol. The molecular weight excluding hydrogens is 374 g/mol. The third-order valence-electron chi connectivity index (χ3n) is 6.13. The highest BCUT2D eigenvalue weighted by Gasteiger charge is 2.49. The number of carbonyl (C=O) groups excluding carboxylic acids is 3. The number of urea groups is 1. The van der Waals surface area contributed by atoms with Gasteiger partial charge < -0.3 is 26.0 Å². The van der Waals surface area contributed by atoms with Gasteiger partial charge in [-0.3, -0.25) is 14.9 Å². The van der Waals surface area contributed by atoms with Crippen LogP contribution < -0.4 is 26.4 Å². The molecule has 156 valence electrons. The van der Waals surface area contributed by atoms with Crippen LogP contribution in [0.25, 0.3) is 0 Å². The number of benzene rings is 1. The van der Waals surface area contributed by atoms with Gasteiger partial charge in [-0.15, -0.1) is 0 Å². The van der Waals surface area contributed by atoms with Crippen molar-refractivity contribution in [1.82, 2.24) is 20.9 Å². The number of amides is 4. The summed E-state index contributed by atoms with van der Waals surface area (Å²) in [5.41, 5.74) is 6.22. The Morgan fingerprint density at radius 3 is 2.66 bits per heavy atom. The highest BCUT2D eigenvalue weighted by Crippen LogP contribution is 2.28. The van der Waals surface area contributed by atoms with Crippen molar-refractivity contribution in [3.05, 3.63) is 29.3 Å². The molecule has 0 radical (unpaired) electrons.